The fourth-order valence-corrected chi connectivity index (χ4v) is 3.54. The first kappa shape index (κ1) is 19.0. The summed E-state index contributed by atoms with van der Waals surface area (Å²) >= 11 is 0. The number of carbonyl (C=O) groups is 2. The van der Waals surface area contributed by atoms with Crippen molar-refractivity contribution in [1.82, 2.24) is 9.88 Å². The number of carbonyl (C=O) groups excluding carboxylic acids is 2. The van der Waals surface area contributed by atoms with Crippen LogP contribution in [0.3, 0.4) is 0 Å². The zero-order valence-electron chi connectivity index (χ0n) is 16.6. The van der Waals surface area contributed by atoms with Crippen LogP contribution in [0.5, 0.6) is 11.5 Å². The molecule has 0 aliphatic carbocycles. The minimum atomic E-state index is -0.467. The number of urea groups is 1. The molecule has 0 saturated carbocycles. The van der Waals surface area contributed by atoms with Gasteiger partial charge in [0.1, 0.15) is 0 Å². The van der Waals surface area contributed by atoms with Gasteiger partial charge in [-0.15, -0.1) is 0 Å². The van der Waals surface area contributed by atoms with E-state index < -0.39 is 5.91 Å². The second-order valence-electron chi connectivity index (χ2n) is 7.19. The van der Waals surface area contributed by atoms with Crippen molar-refractivity contribution in [2.45, 2.75) is 6.42 Å². The average molecular weight is 420 g/mol. The fraction of sp³-hybridized carbons (Fsp3) is 0.227. The largest absolute Gasteiger partial charge is 0.454 e. The summed E-state index contributed by atoms with van der Waals surface area (Å²) in [5, 5.41) is 2.73. The Morgan fingerprint density at radius 2 is 1.90 bits per heavy atom. The third kappa shape index (κ3) is 3.89. The van der Waals surface area contributed by atoms with Gasteiger partial charge in [0.15, 0.2) is 11.5 Å². The second kappa shape index (κ2) is 8.02. The number of rotatable bonds is 6. The van der Waals surface area contributed by atoms with Gasteiger partial charge in [0.05, 0.1) is 6.20 Å². The molecule has 3 amide bonds. The van der Waals surface area contributed by atoms with Gasteiger partial charge in [-0.3, -0.25) is 4.79 Å². The molecule has 1 fully saturated rings. The topological polar surface area (TPSA) is 97.1 Å². The van der Waals surface area contributed by atoms with Crippen molar-refractivity contribution in [2.75, 3.05) is 36.6 Å². The third-order valence-electron chi connectivity index (χ3n) is 5.19. The highest BCUT2D eigenvalue weighted by Gasteiger charge is 2.32. The van der Waals surface area contributed by atoms with Gasteiger partial charge in [0.2, 0.25) is 12.6 Å². The van der Waals surface area contributed by atoms with E-state index in [0.29, 0.717) is 36.8 Å². The van der Waals surface area contributed by atoms with Crippen LogP contribution in [0, 0.1) is 0 Å². The highest BCUT2D eigenvalue weighted by atomic mass is 16.7. The second-order valence-corrected chi connectivity index (χ2v) is 7.19. The number of benzene rings is 2. The number of hydrogen-bond donors (Lipinski definition) is 1. The van der Waals surface area contributed by atoms with Gasteiger partial charge >= 0.3 is 12.0 Å². The van der Waals surface area contributed by atoms with Crippen molar-refractivity contribution in [3.63, 3.8) is 0 Å². The van der Waals surface area contributed by atoms with Crippen LogP contribution >= 0.6 is 0 Å². The molecule has 2 aliphatic heterocycles. The van der Waals surface area contributed by atoms with Gasteiger partial charge in [-0.1, -0.05) is 30.3 Å². The monoisotopic (exact) mass is 420 g/mol. The van der Waals surface area contributed by atoms with E-state index in [1.807, 2.05) is 30.3 Å². The average Bonchev–Trinajstić information content (AvgIpc) is 3.52. The van der Waals surface area contributed by atoms with Crippen molar-refractivity contribution < 1.29 is 23.5 Å². The van der Waals surface area contributed by atoms with Crippen LogP contribution in [0.1, 0.15) is 16.1 Å². The SMILES string of the molecule is O=C(Nc1ccc2c(c1)OCO2)c1cnc(N2CCN(CCc3ccccc3)C2=O)o1. The Bertz CT molecular complexity index is 1110. The zero-order valence-corrected chi connectivity index (χ0v) is 16.6. The first-order valence-corrected chi connectivity index (χ1v) is 9.94. The molecule has 2 aliphatic rings. The summed E-state index contributed by atoms with van der Waals surface area (Å²) in [6.45, 7) is 1.80. The number of nitrogens with zero attached hydrogens (tertiary/aromatic N) is 3. The Balaban J connectivity index is 1.21. The van der Waals surface area contributed by atoms with Crippen molar-refractivity contribution in [1.29, 1.82) is 0 Å². The molecule has 0 bridgehead atoms. The lowest BCUT2D eigenvalue weighted by Crippen LogP contribution is -2.33. The summed E-state index contributed by atoms with van der Waals surface area (Å²) in [6.07, 6.45) is 2.09. The molecule has 0 radical (unpaired) electrons. The molecule has 3 heterocycles. The maximum Gasteiger partial charge on any atom is 0.328 e. The standard InChI is InChI=1S/C22H20N4O5/c27-20(24-16-6-7-17-18(12-16)30-14-29-17)19-13-23-21(31-19)26-11-10-25(22(26)28)9-8-15-4-2-1-3-5-15/h1-7,12-13H,8-11,14H2,(H,24,27). The highest BCUT2D eigenvalue weighted by Crippen LogP contribution is 2.34. The van der Waals surface area contributed by atoms with Crippen LogP contribution in [0.2, 0.25) is 0 Å². The maximum atomic E-state index is 12.7. The van der Waals surface area contributed by atoms with Crippen LogP contribution in [-0.4, -0.2) is 48.2 Å². The van der Waals surface area contributed by atoms with E-state index in [1.165, 1.54) is 16.7 Å². The molecule has 0 unspecified atom stereocenters. The Morgan fingerprint density at radius 1 is 1.06 bits per heavy atom. The molecule has 0 spiro atoms. The molecule has 5 rings (SSSR count). The summed E-state index contributed by atoms with van der Waals surface area (Å²) < 4.78 is 16.1. The smallest absolute Gasteiger partial charge is 0.328 e. The number of fused-ring (bicyclic) bond motifs is 1. The number of hydrogen-bond acceptors (Lipinski definition) is 6. The van der Waals surface area contributed by atoms with Crippen LogP contribution in [-0.2, 0) is 6.42 Å². The van der Waals surface area contributed by atoms with Crippen LogP contribution in [0.15, 0.2) is 59.1 Å². The quantitative estimate of drug-likeness (QED) is 0.658. The lowest BCUT2D eigenvalue weighted by atomic mass is 10.1. The Hall–Kier alpha value is -4.01. The minimum absolute atomic E-state index is 0.0169. The molecule has 9 heteroatoms. The highest BCUT2D eigenvalue weighted by molar-refractivity contribution is 6.02. The molecular weight excluding hydrogens is 400 g/mol. The predicted molar refractivity (Wildman–Crippen MR) is 111 cm³/mol. The van der Waals surface area contributed by atoms with E-state index in [0.717, 1.165) is 6.42 Å². The van der Waals surface area contributed by atoms with Crippen molar-refractivity contribution >= 4 is 23.6 Å². The van der Waals surface area contributed by atoms with Crippen LogP contribution < -0.4 is 19.7 Å². The van der Waals surface area contributed by atoms with Crippen LogP contribution in [0.4, 0.5) is 16.5 Å². The fourth-order valence-electron chi connectivity index (χ4n) is 3.54. The molecule has 1 N–H and O–H groups in total. The lowest BCUT2D eigenvalue weighted by molar-refractivity contribution is 0.0997. The van der Waals surface area contributed by atoms with Gasteiger partial charge in [0, 0.05) is 31.4 Å². The molecule has 1 aromatic heterocycles. The van der Waals surface area contributed by atoms with Gasteiger partial charge in [0.25, 0.3) is 5.91 Å². The number of oxazole rings is 1. The van der Waals surface area contributed by atoms with E-state index in [1.54, 1.807) is 23.1 Å². The maximum absolute atomic E-state index is 12.7. The number of aromatic nitrogens is 1. The summed E-state index contributed by atoms with van der Waals surface area (Å²) in [7, 11) is 0. The molecular formula is C22H20N4O5. The predicted octanol–water partition coefficient (Wildman–Crippen LogP) is 3.14. The van der Waals surface area contributed by atoms with Crippen LogP contribution in [0.25, 0.3) is 0 Å². The Kier molecular flexibility index (Phi) is 4.91. The van der Waals surface area contributed by atoms with Gasteiger partial charge < -0.3 is 24.1 Å². The molecule has 158 valence electrons. The lowest BCUT2D eigenvalue weighted by Gasteiger charge is -2.16. The Morgan fingerprint density at radius 3 is 2.77 bits per heavy atom. The molecule has 0 atom stereocenters. The van der Waals surface area contributed by atoms with Gasteiger partial charge in [-0.25, -0.2) is 14.7 Å². The zero-order chi connectivity index (χ0) is 21.2. The van der Waals surface area contributed by atoms with E-state index >= 15 is 0 Å². The van der Waals surface area contributed by atoms with Crippen molar-refractivity contribution in [3.8, 4) is 11.5 Å². The minimum Gasteiger partial charge on any atom is -0.454 e. The Labute approximate surface area is 178 Å². The third-order valence-corrected chi connectivity index (χ3v) is 5.19. The molecule has 31 heavy (non-hydrogen) atoms. The number of nitrogens with one attached hydrogen (secondary N) is 1. The van der Waals surface area contributed by atoms with E-state index in [-0.39, 0.29) is 24.6 Å². The molecule has 3 aromatic rings. The molecule has 2 aromatic carbocycles. The first-order chi connectivity index (χ1) is 15.2. The number of ether oxygens (including phenoxy) is 2. The van der Waals surface area contributed by atoms with E-state index in [4.69, 9.17) is 13.9 Å². The summed E-state index contributed by atoms with van der Waals surface area (Å²) in [4.78, 5) is 32.6. The normalized spacial score (nSPS) is 14.9. The van der Waals surface area contributed by atoms with E-state index in [9.17, 15) is 9.59 Å². The summed E-state index contributed by atoms with van der Waals surface area (Å²) in [5.74, 6) is 0.743. The summed E-state index contributed by atoms with van der Waals surface area (Å²) in [5.41, 5.74) is 1.71. The van der Waals surface area contributed by atoms with Crippen molar-refractivity contribution in [3.05, 3.63) is 66.1 Å². The van der Waals surface area contributed by atoms with E-state index in [2.05, 4.69) is 10.3 Å². The number of anilines is 2. The molecule has 1 saturated heterocycles. The molecule has 9 nitrogen and oxygen atoms in total. The number of amides is 3. The van der Waals surface area contributed by atoms with Gasteiger partial charge in [-0.05, 0) is 24.1 Å². The van der Waals surface area contributed by atoms with Gasteiger partial charge in [-0.2, -0.15) is 0 Å². The summed E-state index contributed by atoms with van der Waals surface area (Å²) in [6, 6.07) is 15.0. The first-order valence-electron chi connectivity index (χ1n) is 9.94. The van der Waals surface area contributed by atoms with Crippen molar-refractivity contribution in [2.24, 2.45) is 0 Å².